The summed E-state index contributed by atoms with van der Waals surface area (Å²) in [6.45, 7) is 4.51. The van der Waals surface area contributed by atoms with Gasteiger partial charge < -0.3 is 15.3 Å². The van der Waals surface area contributed by atoms with Crippen LogP contribution in [-0.4, -0.2) is 35.1 Å². The molecule has 0 saturated carbocycles. The Hall–Kier alpha value is -1.75. The molecule has 0 aliphatic carbocycles. The van der Waals surface area contributed by atoms with Gasteiger partial charge in [-0.25, -0.2) is 4.79 Å². The lowest BCUT2D eigenvalue weighted by molar-refractivity contribution is -0.150. The molecule has 1 aromatic carbocycles. The largest absolute Gasteiger partial charge is 0.481 e. The number of amides is 2. The fraction of sp³-hybridized carbons (Fsp3) is 0.467. The zero-order valence-electron chi connectivity index (χ0n) is 12.1. The summed E-state index contributed by atoms with van der Waals surface area (Å²) in [4.78, 5) is 25.0. The number of hydrogen-bond donors (Lipinski definition) is 2. The number of urea groups is 1. The number of aryl methyl sites for hydroxylation is 1. The van der Waals surface area contributed by atoms with Crippen molar-refractivity contribution in [1.82, 2.24) is 4.90 Å². The molecule has 0 spiro atoms. The Morgan fingerprint density at radius 2 is 1.95 bits per heavy atom. The van der Waals surface area contributed by atoms with E-state index in [2.05, 4.69) is 5.32 Å². The first-order valence-electron chi connectivity index (χ1n) is 6.87. The number of halogens is 1. The summed E-state index contributed by atoms with van der Waals surface area (Å²) < 4.78 is 0. The molecule has 2 amide bonds. The van der Waals surface area contributed by atoms with Crippen LogP contribution >= 0.6 is 11.6 Å². The van der Waals surface area contributed by atoms with Gasteiger partial charge in [-0.2, -0.15) is 0 Å². The van der Waals surface area contributed by atoms with E-state index in [0.717, 1.165) is 5.56 Å². The highest BCUT2D eigenvalue weighted by molar-refractivity contribution is 6.33. The van der Waals surface area contributed by atoms with Gasteiger partial charge in [0.15, 0.2) is 0 Å². The van der Waals surface area contributed by atoms with Crippen molar-refractivity contribution < 1.29 is 14.7 Å². The van der Waals surface area contributed by atoms with Crippen molar-refractivity contribution in [2.75, 3.05) is 18.4 Å². The number of rotatable bonds is 2. The second-order valence-electron chi connectivity index (χ2n) is 5.77. The minimum absolute atomic E-state index is 0.242. The smallest absolute Gasteiger partial charge is 0.321 e. The fourth-order valence-corrected chi connectivity index (χ4v) is 2.62. The van der Waals surface area contributed by atoms with Crippen LogP contribution in [0, 0.1) is 12.3 Å². The van der Waals surface area contributed by atoms with Gasteiger partial charge in [0.05, 0.1) is 16.1 Å². The number of carboxylic acid groups (broad SMARTS) is 1. The van der Waals surface area contributed by atoms with Gasteiger partial charge in [0.2, 0.25) is 0 Å². The molecule has 1 aliphatic rings. The Kier molecular flexibility index (Phi) is 4.42. The van der Waals surface area contributed by atoms with Crippen molar-refractivity contribution in [2.45, 2.75) is 26.7 Å². The Bertz CT molecular complexity index is 566. The number of aliphatic carboxylic acids is 1. The molecule has 5 nitrogen and oxygen atoms in total. The lowest BCUT2D eigenvalue weighted by atomic mass is 9.80. The van der Waals surface area contributed by atoms with Crippen LogP contribution in [-0.2, 0) is 4.79 Å². The van der Waals surface area contributed by atoms with Gasteiger partial charge in [-0.3, -0.25) is 4.79 Å². The molecule has 1 aromatic rings. The molecule has 21 heavy (non-hydrogen) atoms. The monoisotopic (exact) mass is 310 g/mol. The van der Waals surface area contributed by atoms with Crippen LogP contribution in [0.25, 0.3) is 0 Å². The van der Waals surface area contributed by atoms with Gasteiger partial charge in [-0.05, 0) is 44.4 Å². The van der Waals surface area contributed by atoms with Crippen LogP contribution in [0.15, 0.2) is 18.2 Å². The molecule has 1 heterocycles. The predicted molar refractivity (Wildman–Crippen MR) is 81.8 cm³/mol. The van der Waals surface area contributed by atoms with Crippen LogP contribution < -0.4 is 5.32 Å². The lowest BCUT2D eigenvalue weighted by Gasteiger charge is -2.36. The number of anilines is 1. The second-order valence-corrected chi connectivity index (χ2v) is 6.17. The molecule has 2 rings (SSSR count). The number of carbonyl (C=O) groups excluding carboxylic acids is 1. The normalized spacial score (nSPS) is 17.4. The van der Waals surface area contributed by atoms with Crippen LogP contribution in [0.5, 0.6) is 0 Å². The molecule has 0 radical (unpaired) electrons. The predicted octanol–water partition coefficient (Wildman–Crippen LogP) is 3.37. The van der Waals surface area contributed by atoms with E-state index in [-0.39, 0.29) is 6.03 Å². The topological polar surface area (TPSA) is 69.6 Å². The SMILES string of the molecule is Cc1ccc(NC(=O)N2CCC(C)(C(=O)O)CC2)c(Cl)c1. The molecule has 114 valence electrons. The summed E-state index contributed by atoms with van der Waals surface area (Å²) in [6, 6.07) is 5.18. The number of hydrogen-bond acceptors (Lipinski definition) is 2. The van der Waals surface area contributed by atoms with E-state index >= 15 is 0 Å². The molecule has 6 heteroatoms. The van der Waals surface area contributed by atoms with Crippen molar-refractivity contribution in [2.24, 2.45) is 5.41 Å². The van der Waals surface area contributed by atoms with Crippen LogP contribution in [0.1, 0.15) is 25.3 Å². The van der Waals surface area contributed by atoms with Gasteiger partial charge in [-0.1, -0.05) is 17.7 Å². The van der Waals surface area contributed by atoms with Crippen LogP contribution in [0.4, 0.5) is 10.5 Å². The summed E-state index contributed by atoms with van der Waals surface area (Å²) in [6.07, 6.45) is 0.911. The zero-order chi connectivity index (χ0) is 15.6. The van der Waals surface area contributed by atoms with E-state index in [4.69, 9.17) is 11.6 Å². The summed E-state index contributed by atoms with van der Waals surface area (Å²) in [5.41, 5.74) is 0.852. The maximum absolute atomic E-state index is 12.2. The molecule has 0 unspecified atom stereocenters. The Morgan fingerprint density at radius 3 is 2.48 bits per heavy atom. The molecule has 1 aliphatic heterocycles. The highest BCUT2D eigenvalue weighted by atomic mass is 35.5. The highest BCUT2D eigenvalue weighted by Crippen LogP contribution is 2.31. The molecule has 1 saturated heterocycles. The number of likely N-dealkylation sites (tertiary alicyclic amines) is 1. The van der Waals surface area contributed by atoms with E-state index in [9.17, 15) is 14.7 Å². The third-order valence-corrected chi connectivity index (χ3v) is 4.35. The van der Waals surface area contributed by atoms with Crippen molar-refractivity contribution in [3.63, 3.8) is 0 Å². The Labute approximate surface area is 128 Å². The molecule has 2 N–H and O–H groups in total. The van der Waals surface area contributed by atoms with Crippen molar-refractivity contribution in [1.29, 1.82) is 0 Å². The van der Waals surface area contributed by atoms with Gasteiger partial charge >= 0.3 is 12.0 Å². The zero-order valence-corrected chi connectivity index (χ0v) is 12.9. The van der Waals surface area contributed by atoms with Crippen molar-refractivity contribution >= 4 is 29.3 Å². The third kappa shape index (κ3) is 3.47. The van der Waals surface area contributed by atoms with Crippen LogP contribution in [0.2, 0.25) is 5.02 Å². The van der Waals surface area contributed by atoms with Gasteiger partial charge in [-0.15, -0.1) is 0 Å². The molecule has 0 aromatic heterocycles. The summed E-state index contributed by atoms with van der Waals surface area (Å²) in [5.74, 6) is -0.802. The molecule has 0 atom stereocenters. The van der Waals surface area contributed by atoms with Crippen molar-refractivity contribution in [3.8, 4) is 0 Å². The first kappa shape index (κ1) is 15.6. The first-order valence-corrected chi connectivity index (χ1v) is 7.25. The van der Waals surface area contributed by atoms with E-state index in [1.165, 1.54) is 0 Å². The Morgan fingerprint density at radius 1 is 1.33 bits per heavy atom. The molecule has 0 bridgehead atoms. The number of nitrogens with one attached hydrogen (secondary N) is 1. The number of piperidine rings is 1. The van der Waals surface area contributed by atoms with E-state index in [1.54, 1.807) is 24.0 Å². The minimum atomic E-state index is -0.802. The second kappa shape index (κ2) is 5.93. The van der Waals surface area contributed by atoms with Crippen molar-refractivity contribution in [3.05, 3.63) is 28.8 Å². The van der Waals surface area contributed by atoms with E-state index in [0.29, 0.717) is 36.6 Å². The summed E-state index contributed by atoms with van der Waals surface area (Å²) in [7, 11) is 0. The molecular weight excluding hydrogens is 292 g/mol. The number of carbonyl (C=O) groups is 2. The molecular formula is C15H19ClN2O3. The van der Waals surface area contributed by atoms with Crippen LogP contribution in [0.3, 0.4) is 0 Å². The van der Waals surface area contributed by atoms with Gasteiger partial charge in [0.1, 0.15) is 0 Å². The Balaban J connectivity index is 1.98. The quantitative estimate of drug-likeness (QED) is 0.880. The summed E-state index contributed by atoms with van der Waals surface area (Å²) in [5, 5.41) is 12.5. The van der Waals surface area contributed by atoms with E-state index in [1.807, 2.05) is 13.0 Å². The maximum atomic E-state index is 12.2. The average Bonchev–Trinajstić information content (AvgIpc) is 2.42. The number of benzene rings is 1. The highest BCUT2D eigenvalue weighted by Gasteiger charge is 2.38. The molecule has 1 fully saturated rings. The van der Waals surface area contributed by atoms with Gasteiger partial charge in [0.25, 0.3) is 0 Å². The first-order chi connectivity index (χ1) is 9.82. The minimum Gasteiger partial charge on any atom is -0.481 e. The number of carboxylic acids is 1. The average molecular weight is 311 g/mol. The standard InChI is InChI=1S/C15H19ClN2O3/c1-10-3-4-12(11(16)9-10)17-14(21)18-7-5-15(2,6-8-18)13(19)20/h3-4,9H,5-8H2,1-2H3,(H,17,21)(H,19,20). The lowest BCUT2D eigenvalue weighted by Crippen LogP contribution is -2.46. The van der Waals surface area contributed by atoms with Gasteiger partial charge in [0, 0.05) is 13.1 Å². The number of nitrogens with zero attached hydrogens (tertiary/aromatic N) is 1. The van der Waals surface area contributed by atoms with E-state index < -0.39 is 11.4 Å². The fourth-order valence-electron chi connectivity index (χ4n) is 2.33. The summed E-state index contributed by atoms with van der Waals surface area (Å²) >= 11 is 6.09. The third-order valence-electron chi connectivity index (χ3n) is 4.04. The maximum Gasteiger partial charge on any atom is 0.321 e.